The van der Waals surface area contributed by atoms with Gasteiger partial charge in [0, 0.05) is 29.2 Å². The highest BCUT2D eigenvalue weighted by molar-refractivity contribution is 7.22. The highest BCUT2D eigenvalue weighted by atomic mass is 32.1. The average Bonchev–Trinajstić information content (AvgIpc) is 3.43. The fraction of sp³-hybridized carbons (Fsp3) is 0.154. The maximum absolute atomic E-state index is 5.87. The van der Waals surface area contributed by atoms with Gasteiger partial charge >= 0.3 is 0 Å². The second-order valence-corrected chi connectivity index (χ2v) is 8.56. The van der Waals surface area contributed by atoms with Gasteiger partial charge in [-0.3, -0.25) is 5.43 Å². The highest BCUT2D eigenvalue weighted by Gasteiger charge is 2.07. The molecular weight excluding hydrogens is 432 g/mol. The molecule has 0 bridgehead atoms. The van der Waals surface area contributed by atoms with E-state index in [1.807, 2.05) is 48.7 Å². The second-order valence-electron chi connectivity index (χ2n) is 7.53. The minimum absolute atomic E-state index is 0.640. The third kappa shape index (κ3) is 4.83. The number of hydrogen-bond acceptors (Lipinski definition) is 6. The summed E-state index contributed by atoms with van der Waals surface area (Å²) in [5, 5.41) is 6.40. The first-order valence-corrected chi connectivity index (χ1v) is 11.6. The summed E-state index contributed by atoms with van der Waals surface area (Å²) in [7, 11) is 1.66. The molecule has 5 rings (SSSR count). The lowest BCUT2D eigenvalue weighted by Gasteiger charge is -2.08. The number of aromatic nitrogens is 2. The Labute approximate surface area is 196 Å². The maximum atomic E-state index is 5.87. The van der Waals surface area contributed by atoms with Crippen LogP contribution in [-0.4, -0.2) is 29.5 Å². The van der Waals surface area contributed by atoms with Gasteiger partial charge in [-0.05, 0) is 48.9 Å². The minimum Gasteiger partial charge on any atom is -0.497 e. The number of anilines is 1. The van der Waals surface area contributed by atoms with E-state index in [2.05, 4.69) is 56.6 Å². The van der Waals surface area contributed by atoms with Crippen molar-refractivity contribution in [2.75, 3.05) is 19.1 Å². The summed E-state index contributed by atoms with van der Waals surface area (Å²) in [6.45, 7) is 1.50. The van der Waals surface area contributed by atoms with Crippen molar-refractivity contribution < 1.29 is 9.47 Å². The number of nitrogens with zero attached hydrogens (tertiary/aromatic N) is 3. The van der Waals surface area contributed by atoms with E-state index in [4.69, 9.17) is 9.47 Å². The van der Waals surface area contributed by atoms with E-state index in [1.165, 1.54) is 10.9 Å². The normalized spacial score (nSPS) is 11.4. The Bertz CT molecular complexity index is 1360. The number of nitrogens with one attached hydrogen (secondary N) is 1. The van der Waals surface area contributed by atoms with Crippen LogP contribution in [0.1, 0.15) is 12.0 Å². The van der Waals surface area contributed by atoms with Crippen molar-refractivity contribution in [3.8, 4) is 11.5 Å². The summed E-state index contributed by atoms with van der Waals surface area (Å²) in [6.07, 6.45) is 4.89. The SMILES string of the molecule is COc1ccc(OCCCn2cc(/C=N\Nc3nc4ccccc4s3)c3ccccc32)cc1. The molecular formula is C26H24N4O2S. The van der Waals surface area contributed by atoms with Crippen LogP contribution in [0.5, 0.6) is 11.5 Å². The number of benzene rings is 3. The van der Waals surface area contributed by atoms with Gasteiger partial charge in [0.25, 0.3) is 0 Å². The molecule has 0 saturated heterocycles. The lowest BCUT2D eigenvalue weighted by atomic mass is 10.2. The van der Waals surface area contributed by atoms with Gasteiger partial charge in [0.05, 0.1) is 30.1 Å². The molecule has 2 heterocycles. The van der Waals surface area contributed by atoms with Crippen LogP contribution in [0.15, 0.2) is 84.1 Å². The molecule has 0 saturated carbocycles. The highest BCUT2D eigenvalue weighted by Crippen LogP contribution is 2.26. The number of methoxy groups -OCH3 is 1. The first kappa shape index (κ1) is 21.0. The Kier molecular flexibility index (Phi) is 6.21. The summed E-state index contributed by atoms with van der Waals surface area (Å²) in [5.41, 5.74) is 6.30. The van der Waals surface area contributed by atoms with Gasteiger partial charge in [0.15, 0.2) is 0 Å². The van der Waals surface area contributed by atoms with Crippen molar-refractivity contribution in [2.24, 2.45) is 5.10 Å². The Morgan fingerprint density at radius 1 is 1.00 bits per heavy atom. The number of thiazole rings is 1. The molecule has 0 fully saturated rings. The Balaban J connectivity index is 1.23. The number of fused-ring (bicyclic) bond motifs is 2. The maximum Gasteiger partial charge on any atom is 0.204 e. The summed E-state index contributed by atoms with van der Waals surface area (Å²) < 4.78 is 14.5. The molecule has 0 unspecified atom stereocenters. The molecule has 0 aliphatic heterocycles. The van der Waals surface area contributed by atoms with Gasteiger partial charge in [-0.15, -0.1) is 0 Å². The van der Waals surface area contributed by atoms with E-state index in [0.29, 0.717) is 6.61 Å². The van der Waals surface area contributed by atoms with Crippen LogP contribution in [0.4, 0.5) is 5.13 Å². The molecule has 33 heavy (non-hydrogen) atoms. The molecule has 7 heteroatoms. The van der Waals surface area contributed by atoms with Crippen molar-refractivity contribution >= 4 is 43.8 Å². The van der Waals surface area contributed by atoms with Gasteiger partial charge in [0.2, 0.25) is 5.13 Å². The predicted molar refractivity (Wildman–Crippen MR) is 136 cm³/mol. The first-order chi connectivity index (χ1) is 16.3. The number of hydrogen-bond donors (Lipinski definition) is 1. The minimum atomic E-state index is 0.640. The molecule has 0 aliphatic carbocycles. The number of para-hydroxylation sites is 2. The number of ether oxygens (including phenoxy) is 2. The van der Waals surface area contributed by atoms with E-state index in [0.717, 1.165) is 45.4 Å². The van der Waals surface area contributed by atoms with E-state index < -0.39 is 0 Å². The lowest BCUT2D eigenvalue weighted by molar-refractivity contribution is 0.302. The molecule has 0 amide bonds. The van der Waals surface area contributed by atoms with Gasteiger partial charge in [0.1, 0.15) is 11.5 Å². The van der Waals surface area contributed by atoms with Gasteiger partial charge in [-0.25, -0.2) is 4.98 Å². The molecule has 3 aromatic carbocycles. The van der Waals surface area contributed by atoms with Gasteiger partial charge in [-0.2, -0.15) is 5.10 Å². The largest absolute Gasteiger partial charge is 0.497 e. The third-order valence-electron chi connectivity index (χ3n) is 5.35. The summed E-state index contributed by atoms with van der Waals surface area (Å²) in [5.74, 6) is 1.68. The smallest absolute Gasteiger partial charge is 0.204 e. The second kappa shape index (κ2) is 9.75. The van der Waals surface area contributed by atoms with Crippen molar-refractivity contribution in [3.05, 3.63) is 84.6 Å². The first-order valence-electron chi connectivity index (χ1n) is 10.8. The molecule has 166 valence electrons. The zero-order chi connectivity index (χ0) is 22.5. The van der Waals surface area contributed by atoms with E-state index in [1.54, 1.807) is 18.4 Å². The quantitative estimate of drug-likeness (QED) is 0.164. The summed E-state index contributed by atoms with van der Waals surface area (Å²) in [4.78, 5) is 4.56. The van der Waals surface area contributed by atoms with Crippen LogP contribution in [0.25, 0.3) is 21.1 Å². The third-order valence-corrected chi connectivity index (χ3v) is 6.29. The van der Waals surface area contributed by atoms with Crippen LogP contribution in [0, 0.1) is 0 Å². The topological polar surface area (TPSA) is 60.7 Å². The molecule has 0 radical (unpaired) electrons. The van der Waals surface area contributed by atoms with Crippen molar-refractivity contribution in [3.63, 3.8) is 0 Å². The lowest BCUT2D eigenvalue weighted by Crippen LogP contribution is -2.03. The van der Waals surface area contributed by atoms with Crippen LogP contribution in [0.3, 0.4) is 0 Å². The molecule has 0 spiro atoms. The zero-order valence-corrected chi connectivity index (χ0v) is 19.1. The van der Waals surface area contributed by atoms with Crippen molar-refractivity contribution in [1.82, 2.24) is 9.55 Å². The predicted octanol–water partition coefficient (Wildman–Crippen LogP) is 6.17. The van der Waals surface area contributed by atoms with Crippen molar-refractivity contribution in [2.45, 2.75) is 13.0 Å². The van der Waals surface area contributed by atoms with E-state index >= 15 is 0 Å². The van der Waals surface area contributed by atoms with Crippen LogP contribution in [0.2, 0.25) is 0 Å². The Morgan fingerprint density at radius 3 is 2.64 bits per heavy atom. The summed E-state index contributed by atoms with van der Waals surface area (Å²) in [6, 6.07) is 24.1. The molecule has 0 aliphatic rings. The molecule has 1 N–H and O–H groups in total. The Hall–Kier alpha value is -3.84. The number of hydrazone groups is 1. The molecule has 2 aromatic heterocycles. The van der Waals surface area contributed by atoms with E-state index in [9.17, 15) is 0 Å². The van der Waals surface area contributed by atoms with Gasteiger partial charge in [-0.1, -0.05) is 41.7 Å². The summed E-state index contributed by atoms with van der Waals surface area (Å²) >= 11 is 1.59. The molecule has 0 atom stereocenters. The van der Waals surface area contributed by atoms with Gasteiger partial charge < -0.3 is 14.0 Å². The van der Waals surface area contributed by atoms with Crippen LogP contribution in [-0.2, 0) is 6.54 Å². The average molecular weight is 457 g/mol. The van der Waals surface area contributed by atoms with Crippen molar-refractivity contribution in [1.29, 1.82) is 0 Å². The molecule has 6 nitrogen and oxygen atoms in total. The van der Waals surface area contributed by atoms with E-state index in [-0.39, 0.29) is 0 Å². The number of aryl methyl sites for hydroxylation is 1. The molecule has 5 aromatic rings. The standard InChI is InChI=1S/C26H24N4O2S/c1-31-20-11-13-21(14-12-20)32-16-6-15-30-18-19(22-7-2-4-9-24(22)30)17-27-29-26-28-23-8-3-5-10-25(23)33-26/h2-5,7-14,17-18H,6,15-16H2,1H3,(H,28,29)/b27-17-. The fourth-order valence-corrected chi connectivity index (χ4v) is 4.55. The Morgan fingerprint density at radius 2 is 1.79 bits per heavy atom. The fourth-order valence-electron chi connectivity index (χ4n) is 3.74. The monoisotopic (exact) mass is 456 g/mol. The zero-order valence-electron chi connectivity index (χ0n) is 18.3. The number of rotatable bonds is 9. The van der Waals surface area contributed by atoms with Crippen LogP contribution >= 0.6 is 11.3 Å². The van der Waals surface area contributed by atoms with Crippen LogP contribution < -0.4 is 14.9 Å².